The second kappa shape index (κ2) is 6.55. The standard InChI is InChI=1S/C17H14N2O3S/c1-11-2-4-14(23-11)7-13(8-18)17(20)19-9-12-3-5-15-16(6-12)22-10-21-15/h2-7H,9-10H2,1H3,(H,19,20). The van der Waals surface area contributed by atoms with Gasteiger partial charge >= 0.3 is 0 Å². The highest BCUT2D eigenvalue weighted by Crippen LogP contribution is 2.32. The number of nitrogens with zero attached hydrogens (tertiary/aromatic N) is 1. The molecule has 6 heteroatoms. The molecule has 0 unspecified atom stereocenters. The lowest BCUT2D eigenvalue weighted by atomic mass is 10.2. The van der Waals surface area contributed by atoms with Crippen molar-refractivity contribution in [3.8, 4) is 17.6 Å². The average Bonchev–Trinajstić information content (AvgIpc) is 3.18. The van der Waals surface area contributed by atoms with Crippen LogP contribution in [0.4, 0.5) is 0 Å². The Balaban J connectivity index is 1.66. The average molecular weight is 326 g/mol. The fourth-order valence-corrected chi connectivity index (χ4v) is 2.97. The lowest BCUT2D eigenvalue weighted by Gasteiger charge is -2.05. The van der Waals surface area contributed by atoms with E-state index in [1.54, 1.807) is 12.1 Å². The second-order valence-electron chi connectivity index (χ2n) is 4.99. The zero-order valence-electron chi connectivity index (χ0n) is 12.5. The van der Waals surface area contributed by atoms with Gasteiger partial charge < -0.3 is 14.8 Å². The fraction of sp³-hybridized carbons (Fsp3) is 0.176. The summed E-state index contributed by atoms with van der Waals surface area (Å²) in [6.07, 6.45) is 1.60. The van der Waals surface area contributed by atoms with Crippen molar-refractivity contribution in [1.29, 1.82) is 5.26 Å². The van der Waals surface area contributed by atoms with Gasteiger partial charge in [-0.1, -0.05) is 6.07 Å². The first-order valence-corrected chi connectivity index (χ1v) is 7.82. The van der Waals surface area contributed by atoms with Crippen molar-refractivity contribution in [1.82, 2.24) is 5.32 Å². The molecule has 23 heavy (non-hydrogen) atoms. The quantitative estimate of drug-likeness (QED) is 0.692. The van der Waals surface area contributed by atoms with Crippen LogP contribution in [-0.2, 0) is 11.3 Å². The molecule has 0 aliphatic carbocycles. The Morgan fingerprint density at radius 1 is 1.35 bits per heavy atom. The molecule has 1 N–H and O–H groups in total. The number of benzene rings is 1. The number of hydrogen-bond acceptors (Lipinski definition) is 5. The number of nitrogens with one attached hydrogen (secondary N) is 1. The van der Waals surface area contributed by atoms with Gasteiger partial charge in [0, 0.05) is 16.3 Å². The first kappa shape index (κ1) is 15.1. The van der Waals surface area contributed by atoms with Crippen LogP contribution in [0, 0.1) is 18.3 Å². The number of amides is 1. The summed E-state index contributed by atoms with van der Waals surface area (Å²) in [7, 11) is 0. The van der Waals surface area contributed by atoms with Gasteiger partial charge in [0.15, 0.2) is 11.5 Å². The maximum atomic E-state index is 12.1. The molecule has 1 amide bonds. The van der Waals surface area contributed by atoms with Crippen molar-refractivity contribution in [2.24, 2.45) is 0 Å². The van der Waals surface area contributed by atoms with Crippen LogP contribution in [0.15, 0.2) is 35.9 Å². The van der Waals surface area contributed by atoms with Crippen LogP contribution >= 0.6 is 11.3 Å². The minimum Gasteiger partial charge on any atom is -0.454 e. The third-order valence-electron chi connectivity index (χ3n) is 3.30. The molecule has 0 bridgehead atoms. The van der Waals surface area contributed by atoms with E-state index in [1.165, 1.54) is 11.3 Å². The van der Waals surface area contributed by atoms with Crippen molar-refractivity contribution in [3.63, 3.8) is 0 Å². The minimum atomic E-state index is -0.392. The van der Waals surface area contributed by atoms with E-state index in [9.17, 15) is 10.1 Å². The normalized spacial score (nSPS) is 12.8. The summed E-state index contributed by atoms with van der Waals surface area (Å²) in [5, 5.41) is 11.9. The zero-order chi connectivity index (χ0) is 16.2. The molecule has 0 spiro atoms. The van der Waals surface area contributed by atoms with E-state index in [-0.39, 0.29) is 12.4 Å². The van der Waals surface area contributed by atoms with E-state index in [0.717, 1.165) is 15.3 Å². The monoisotopic (exact) mass is 326 g/mol. The van der Waals surface area contributed by atoms with Crippen LogP contribution in [-0.4, -0.2) is 12.7 Å². The summed E-state index contributed by atoms with van der Waals surface area (Å²) >= 11 is 1.54. The number of fused-ring (bicyclic) bond motifs is 1. The third-order valence-corrected chi connectivity index (χ3v) is 4.25. The molecule has 0 radical (unpaired) electrons. The maximum Gasteiger partial charge on any atom is 0.262 e. The van der Waals surface area contributed by atoms with Crippen LogP contribution in [0.25, 0.3) is 6.08 Å². The molecule has 1 aliphatic rings. The highest BCUT2D eigenvalue weighted by molar-refractivity contribution is 7.12. The Bertz CT molecular complexity index is 817. The predicted molar refractivity (Wildman–Crippen MR) is 87.1 cm³/mol. The molecular formula is C17H14N2O3S. The first-order chi connectivity index (χ1) is 11.2. The molecule has 116 valence electrons. The largest absolute Gasteiger partial charge is 0.454 e. The molecule has 5 nitrogen and oxygen atoms in total. The van der Waals surface area contributed by atoms with Gasteiger partial charge in [-0.2, -0.15) is 5.26 Å². The number of hydrogen-bond donors (Lipinski definition) is 1. The Labute approximate surface area is 137 Å². The molecule has 3 rings (SSSR count). The van der Waals surface area contributed by atoms with Gasteiger partial charge in [0.1, 0.15) is 11.6 Å². The molecule has 0 saturated heterocycles. The van der Waals surface area contributed by atoms with Crippen LogP contribution in [0.1, 0.15) is 15.3 Å². The molecule has 2 heterocycles. The lowest BCUT2D eigenvalue weighted by Crippen LogP contribution is -2.23. The van der Waals surface area contributed by atoms with Crippen LogP contribution < -0.4 is 14.8 Å². The number of carbonyl (C=O) groups is 1. The van der Waals surface area contributed by atoms with Gasteiger partial charge in [-0.05, 0) is 42.8 Å². The number of thiophene rings is 1. The highest BCUT2D eigenvalue weighted by Gasteiger charge is 2.14. The third kappa shape index (κ3) is 3.52. The Hall–Kier alpha value is -2.78. The Morgan fingerprint density at radius 2 is 2.17 bits per heavy atom. The van der Waals surface area contributed by atoms with Gasteiger partial charge in [0.05, 0.1) is 0 Å². The molecular weight excluding hydrogens is 312 g/mol. The Morgan fingerprint density at radius 3 is 2.91 bits per heavy atom. The number of nitriles is 1. The number of rotatable bonds is 4. The summed E-state index contributed by atoms with van der Waals surface area (Å²) in [4.78, 5) is 14.2. The zero-order valence-corrected chi connectivity index (χ0v) is 13.3. The van der Waals surface area contributed by atoms with Gasteiger partial charge in [0.2, 0.25) is 6.79 Å². The maximum absolute atomic E-state index is 12.1. The van der Waals surface area contributed by atoms with Crippen LogP contribution in [0.2, 0.25) is 0 Å². The number of ether oxygens (including phenoxy) is 2. The second-order valence-corrected chi connectivity index (χ2v) is 6.31. The van der Waals surface area contributed by atoms with E-state index in [2.05, 4.69) is 5.32 Å². The van der Waals surface area contributed by atoms with Crippen molar-refractivity contribution in [2.75, 3.05) is 6.79 Å². The summed E-state index contributed by atoms with van der Waals surface area (Å²) in [5.41, 5.74) is 0.972. The molecule has 1 aromatic heterocycles. The van der Waals surface area contributed by atoms with E-state index in [4.69, 9.17) is 9.47 Å². The summed E-state index contributed by atoms with van der Waals surface area (Å²) in [6.45, 7) is 2.51. The molecule has 1 aliphatic heterocycles. The summed E-state index contributed by atoms with van der Waals surface area (Å²) < 4.78 is 10.5. The van der Waals surface area contributed by atoms with Crippen molar-refractivity contribution in [3.05, 3.63) is 51.2 Å². The first-order valence-electron chi connectivity index (χ1n) is 7.00. The Kier molecular flexibility index (Phi) is 4.31. The van der Waals surface area contributed by atoms with E-state index in [0.29, 0.717) is 18.0 Å². The predicted octanol–water partition coefficient (Wildman–Crippen LogP) is 3.01. The van der Waals surface area contributed by atoms with Crippen molar-refractivity contribution >= 4 is 23.3 Å². The topological polar surface area (TPSA) is 71.4 Å². The van der Waals surface area contributed by atoms with Crippen LogP contribution in [0.3, 0.4) is 0 Å². The van der Waals surface area contributed by atoms with E-state index in [1.807, 2.05) is 37.3 Å². The molecule has 0 atom stereocenters. The van der Waals surface area contributed by atoms with Crippen LogP contribution in [0.5, 0.6) is 11.5 Å². The SMILES string of the molecule is Cc1ccc(C=C(C#N)C(=O)NCc2ccc3c(c2)OCO3)s1. The molecule has 0 fully saturated rings. The highest BCUT2D eigenvalue weighted by atomic mass is 32.1. The summed E-state index contributed by atoms with van der Waals surface area (Å²) in [6, 6.07) is 11.3. The molecule has 2 aromatic rings. The van der Waals surface area contributed by atoms with Gasteiger partial charge in [-0.3, -0.25) is 4.79 Å². The number of carbonyl (C=O) groups excluding carboxylic acids is 1. The fourth-order valence-electron chi connectivity index (χ4n) is 2.15. The molecule has 0 saturated carbocycles. The lowest BCUT2D eigenvalue weighted by molar-refractivity contribution is -0.117. The smallest absolute Gasteiger partial charge is 0.262 e. The van der Waals surface area contributed by atoms with E-state index >= 15 is 0 Å². The summed E-state index contributed by atoms with van der Waals surface area (Å²) in [5.74, 6) is 0.976. The van der Waals surface area contributed by atoms with Gasteiger partial charge in [0.25, 0.3) is 5.91 Å². The minimum absolute atomic E-state index is 0.0904. The van der Waals surface area contributed by atoms with Gasteiger partial charge in [-0.15, -0.1) is 11.3 Å². The molecule has 1 aromatic carbocycles. The van der Waals surface area contributed by atoms with Crippen molar-refractivity contribution < 1.29 is 14.3 Å². The number of aryl methyl sites for hydroxylation is 1. The van der Waals surface area contributed by atoms with Gasteiger partial charge in [-0.25, -0.2) is 0 Å². The van der Waals surface area contributed by atoms with Crippen molar-refractivity contribution in [2.45, 2.75) is 13.5 Å². The van der Waals surface area contributed by atoms with E-state index < -0.39 is 5.91 Å².